The maximum atomic E-state index is 10.9. The van der Waals surface area contributed by atoms with Crippen LogP contribution in [0.1, 0.15) is 36.6 Å². The lowest BCUT2D eigenvalue weighted by atomic mass is 10.2. The van der Waals surface area contributed by atoms with E-state index in [0.29, 0.717) is 25.3 Å². The quantitative estimate of drug-likeness (QED) is 0.785. The standard InChI is InChI=1S/C11H17NO5/c1-4-16-11-9(10(13)14)12-8(17-11)6-5-7(2)15-3/h7H,4-6H2,1-3H3,(H,13,14). The first-order chi connectivity index (χ1) is 8.08. The van der Waals surface area contributed by atoms with Crippen LogP contribution in [-0.2, 0) is 11.2 Å². The number of ether oxygens (including phenoxy) is 2. The number of hydrogen-bond acceptors (Lipinski definition) is 5. The van der Waals surface area contributed by atoms with Gasteiger partial charge in [0.05, 0.1) is 12.7 Å². The molecule has 1 unspecified atom stereocenters. The maximum absolute atomic E-state index is 10.9. The molecule has 96 valence electrons. The Bertz CT molecular complexity index is 374. The molecule has 1 heterocycles. The number of oxazole rings is 1. The predicted molar refractivity (Wildman–Crippen MR) is 59.4 cm³/mol. The van der Waals surface area contributed by atoms with Gasteiger partial charge in [-0.05, 0) is 20.3 Å². The fourth-order valence-electron chi connectivity index (χ4n) is 1.26. The smallest absolute Gasteiger partial charge is 0.362 e. The highest BCUT2D eigenvalue weighted by Gasteiger charge is 2.20. The third-order valence-corrected chi connectivity index (χ3v) is 2.29. The summed E-state index contributed by atoms with van der Waals surface area (Å²) in [6.45, 7) is 4.01. The summed E-state index contributed by atoms with van der Waals surface area (Å²) < 4.78 is 15.4. The van der Waals surface area contributed by atoms with E-state index in [1.165, 1.54) is 0 Å². The molecule has 17 heavy (non-hydrogen) atoms. The molecule has 0 fully saturated rings. The SMILES string of the molecule is CCOc1oc(CCC(C)OC)nc1C(=O)O. The molecule has 0 bridgehead atoms. The van der Waals surface area contributed by atoms with Crippen molar-refractivity contribution in [1.29, 1.82) is 0 Å². The number of carbonyl (C=O) groups is 1. The van der Waals surface area contributed by atoms with Crippen molar-refractivity contribution in [3.63, 3.8) is 0 Å². The van der Waals surface area contributed by atoms with Crippen LogP contribution in [0.2, 0.25) is 0 Å². The van der Waals surface area contributed by atoms with Crippen LogP contribution < -0.4 is 4.74 Å². The van der Waals surface area contributed by atoms with E-state index in [9.17, 15) is 4.79 Å². The molecule has 1 rings (SSSR count). The molecular formula is C11H17NO5. The molecule has 0 spiro atoms. The van der Waals surface area contributed by atoms with Crippen molar-refractivity contribution in [1.82, 2.24) is 4.98 Å². The molecular weight excluding hydrogens is 226 g/mol. The van der Waals surface area contributed by atoms with Crippen molar-refractivity contribution in [3.8, 4) is 5.95 Å². The van der Waals surface area contributed by atoms with Gasteiger partial charge in [-0.1, -0.05) is 0 Å². The molecule has 0 aromatic carbocycles. The van der Waals surface area contributed by atoms with Gasteiger partial charge in [-0.15, -0.1) is 0 Å². The van der Waals surface area contributed by atoms with Crippen molar-refractivity contribution in [3.05, 3.63) is 11.6 Å². The number of aromatic nitrogens is 1. The van der Waals surface area contributed by atoms with Crippen LogP contribution in [0.25, 0.3) is 0 Å². The normalized spacial score (nSPS) is 12.4. The van der Waals surface area contributed by atoms with E-state index in [1.807, 2.05) is 6.92 Å². The van der Waals surface area contributed by atoms with Crippen molar-refractivity contribution >= 4 is 5.97 Å². The first kappa shape index (κ1) is 13.5. The largest absolute Gasteiger partial charge is 0.476 e. The summed E-state index contributed by atoms with van der Waals surface area (Å²) in [6.07, 6.45) is 1.30. The number of carboxylic acids is 1. The number of carboxylic acid groups (broad SMARTS) is 1. The molecule has 1 atom stereocenters. The third-order valence-electron chi connectivity index (χ3n) is 2.29. The summed E-state index contributed by atoms with van der Waals surface area (Å²) in [5, 5.41) is 8.90. The second-order valence-electron chi connectivity index (χ2n) is 3.57. The first-order valence-electron chi connectivity index (χ1n) is 5.47. The van der Waals surface area contributed by atoms with Gasteiger partial charge in [0.15, 0.2) is 5.89 Å². The van der Waals surface area contributed by atoms with Crippen molar-refractivity contribution in [2.45, 2.75) is 32.8 Å². The van der Waals surface area contributed by atoms with Crippen LogP contribution in [0.5, 0.6) is 5.95 Å². The van der Waals surface area contributed by atoms with Crippen LogP contribution in [0.15, 0.2) is 4.42 Å². The van der Waals surface area contributed by atoms with Gasteiger partial charge in [0.1, 0.15) is 0 Å². The first-order valence-corrected chi connectivity index (χ1v) is 5.47. The van der Waals surface area contributed by atoms with Gasteiger partial charge in [-0.2, -0.15) is 0 Å². The molecule has 1 aromatic rings. The summed E-state index contributed by atoms with van der Waals surface area (Å²) in [7, 11) is 1.62. The van der Waals surface area contributed by atoms with Crippen LogP contribution in [-0.4, -0.2) is 35.9 Å². The lowest BCUT2D eigenvalue weighted by molar-refractivity contribution is 0.0683. The highest BCUT2D eigenvalue weighted by Crippen LogP contribution is 2.21. The third kappa shape index (κ3) is 3.74. The summed E-state index contributed by atoms with van der Waals surface area (Å²) in [6, 6.07) is 0. The Morgan fingerprint density at radius 2 is 2.29 bits per heavy atom. The number of methoxy groups -OCH3 is 1. The number of nitrogens with zero attached hydrogens (tertiary/aromatic N) is 1. The zero-order valence-electron chi connectivity index (χ0n) is 10.2. The Labute approximate surface area is 99.5 Å². The van der Waals surface area contributed by atoms with Crippen LogP contribution in [0, 0.1) is 0 Å². The number of rotatable bonds is 7. The molecule has 6 heteroatoms. The van der Waals surface area contributed by atoms with E-state index in [-0.39, 0.29) is 17.7 Å². The van der Waals surface area contributed by atoms with Gasteiger partial charge in [0.25, 0.3) is 0 Å². The average molecular weight is 243 g/mol. The van der Waals surface area contributed by atoms with Gasteiger partial charge in [-0.3, -0.25) is 0 Å². The Morgan fingerprint density at radius 3 is 2.82 bits per heavy atom. The second-order valence-corrected chi connectivity index (χ2v) is 3.57. The molecule has 0 aliphatic rings. The molecule has 1 aromatic heterocycles. The zero-order valence-corrected chi connectivity index (χ0v) is 10.2. The van der Waals surface area contributed by atoms with E-state index >= 15 is 0 Å². The van der Waals surface area contributed by atoms with Crippen molar-refractivity contribution in [2.75, 3.05) is 13.7 Å². The lowest BCUT2D eigenvalue weighted by Crippen LogP contribution is -2.06. The minimum absolute atomic E-state index is 0.0277. The van der Waals surface area contributed by atoms with Gasteiger partial charge >= 0.3 is 11.9 Å². The molecule has 0 aliphatic heterocycles. The molecule has 0 saturated heterocycles. The van der Waals surface area contributed by atoms with Crippen LogP contribution in [0.3, 0.4) is 0 Å². The zero-order chi connectivity index (χ0) is 12.8. The van der Waals surface area contributed by atoms with Crippen LogP contribution in [0.4, 0.5) is 0 Å². The Hall–Kier alpha value is -1.56. The van der Waals surface area contributed by atoms with E-state index in [1.54, 1.807) is 14.0 Å². The topological polar surface area (TPSA) is 81.8 Å². The van der Waals surface area contributed by atoms with E-state index in [0.717, 1.165) is 0 Å². The van der Waals surface area contributed by atoms with Gasteiger partial charge < -0.3 is 19.0 Å². The minimum Gasteiger partial charge on any atom is -0.476 e. The highest BCUT2D eigenvalue weighted by molar-refractivity contribution is 5.87. The predicted octanol–water partition coefficient (Wildman–Crippen LogP) is 1.74. The number of aryl methyl sites for hydroxylation is 1. The summed E-state index contributed by atoms with van der Waals surface area (Å²) in [4.78, 5) is 14.8. The fourth-order valence-corrected chi connectivity index (χ4v) is 1.26. The van der Waals surface area contributed by atoms with Crippen molar-refractivity contribution in [2.24, 2.45) is 0 Å². The monoisotopic (exact) mass is 243 g/mol. The summed E-state index contributed by atoms with van der Waals surface area (Å²) >= 11 is 0. The molecule has 1 N–H and O–H groups in total. The van der Waals surface area contributed by atoms with Gasteiger partial charge in [-0.25, -0.2) is 9.78 Å². The molecule has 6 nitrogen and oxygen atoms in total. The average Bonchev–Trinajstić information content (AvgIpc) is 2.70. The minimum atomic E-state index is -1.15. The van der Waals surface area contributed by atoms with Crippen molar-refractivity contribution < 1.29 is 23.8 Å². The summed E-state index contributed by atoms with van der Waals surface area (Å²) in [5.41, 5.74) is -0.174. The van der Waals surface area contributed by atoms with Gasteiger partial charge in [0.2, 0.25) is 5.69 Å². The molecule has 0 radical (unpaired) electrons. The van der Waals surface area contributed by atoms with E-state index in [2.05, 4.69) is 4.98 Å². The fraction of sp³-hybridized carbons (Fsp3) is 0.636. The highest BCUT2D eigenvalue weighted by atomic mass is 16.6. The van der Waals surface area contributed by atoms with E-state index < -0.39 is 5.97 Å². The van der Waals surface area contributed by atoms with Gasteiger partial charge in [0, 0.05) is 13.5 Å². The van der Waals surface area contributed by atoms with Crippen LogP contribution >= 0.6 is 0 Å². The molecule has 0 saturated carbocycles. The van der Waals surface area contributed by atoms with E-state index in [4.69, 9.17) is 19.0 Å². The lowest BCUT2D eigenvalue weighted by Gasteiger charge is -2.06. The summed E-state index contributed by atoms with van der Waals surface area (Å²) in [5.74, 6) is -0.821. The second kappa shape index (κ2) is 6.24. The maximum Gasteiger partial charge on any atom is 0.362 e. The Balaban J connectivity index is 2.73. The Morgan fingerprint density at radius 1 is 1.59 bits per heavy atom. The molecule has 0 amide bonds. The number of aromatic carboxylic acids is 1. The number of hydrogen-bond donors (Lipinski definition) is 1. The molecule has 0 aliphatic carbocycles. The Kier molecular flexibility index (Phi) is 4.96.